The van der Waals surface area contributed by atoms with E-state index >= 15 is 0 Å². The topological polar surface area (TPSA) is 17.0 Å². The van der Waals surface area contributed by atoms with E-state index in [2.05, 4.69) is 211 Å². The summed E-state index contributed by atoms with van der Waals surface area (Å²) in [5.41, 5.74) is 23.2. The quantitative estimate of drug-likeness (QED) is 0.176. The summed E-state index contributed by atoms with van der Waals surface area (Å²) in [4.78, 5) is 0. The Morgan fingerprint density at radius 1 is 0.516 bits per heavy atom. The monoisotopic (exact) mass is 813 g/mol. The van der Waals surface area contributed by atoms with Crippen LogP contribution in [0.1, 0.15) is 76.3 Å². The Morgan fingerprint density at radius 3 is 1.90 bits per heavy atom. The first-order chi connectivity index (χ1) is 29.9. The van der Waals surface area contributed by atoms with E-state index in [9.17, 15) is 0 Å². The number of nitrogens with zero attached hydrogens (tertiary/aromatic N) is 1. The molecule has 4 heteroatoms. The summed E-state index contributed by atoms with van der Waals surface area (Å²) in [5, 5.41) is 9.17. The fourth-order valence-electron chi connectivity index (χ4n) is 11.5. The standard InChI is InChI=1S/C58H46BN2S/c1-56(2,3)32-20-22-33(23-21-32)60-49-31-53-43(36-16-10-13-19-52(36)62-53)26-41(49)37-24-25-38-42-27-46-39(34-14-8-11-17-44(34)57(46,4)5)28-50(42)61-51-29-40-35-15-9-12-18-45(35)58(6,7)47(40)30-48(51)59-54(37)55(38)61/h8-31,60H,1-7H3. The number of anilines is 2. The van der Waals surface area contributed by atoms with Gasteiger partial charge in [-0.15, -0.1) is 11.3 Å². The van der Waals surface area contributed by atoms with Crippen LogP contribution in [0.3, 0.4) is 0 Å². The average Bonchev–Trinajstić information content (AvgIpc) is 3.93. The summed E-state index contributed by atoms with van der Waals surface area (Å²) >= 11 is 1.88. The van der Waals surface area contributed by atoms with Crippen LogP contribution in [0, 0.1) is 0 Å². The zero-order valence-electron chi connectivity index (χ0n) is 36.3. The molecule has 3 heterocycles. The van der Waals surface area contributed by atoms with Crippen molar-refractivity contribution in [1.82, 2.24) is 4.57 Å². The minimum atomic E-state index is -0.108. The van der Waals surface area contributed by atoms with Gasteiger partial charge in [0.15, 0.2) is 7.28 Å². The van der Waals surface area contributed by atoms with Gasteiger partial charge in [0.2, 0.25) is 0 Å². The maximum Gasteiger partial charge on any atom is 0.197 e. The van der Waals surface area contributed by atoms with Crippen molar-refractivity contribution in [2.45, 2.75) is 64.7 Å². The molecule has 3 aliphatic rings. The van der Waals surface area contributed by atoms with Gasteiger partial charge in [-0.2, -0.15) is 0 Å². The first kappa shape index (κ1) is 36.3. The molecule has 0 saturated heterocycles. The minimum Gasteiger partial charge on any atom is -0.355 e. The Morgan fingerprint density at radius 2 is 1.18 bits per heavy atom. The van der Waals surface area contributed by atoms with Gasteiger partial charge >= 0.3 is 0 Å². The third-order valence-electron chi connectivity index (χ3n) is 14.8. The molecule has 0 bridgehead atoms. The van der Waals surface area contributed by atoms with Crippen LogP contribution in [0.25, 0.3) is 81.0 Å². The van der Waals surface area contributed by atoms with Crippen molar-refractivity contribution in [3.63, 3.8) is 0 Å². The van der Waals surface area contributed by atoms with E-state index < -0.39 is 0 Å². The summed E-state index contributed by atoms with van der Waals surface area (Å²) in [6, 6.07) is 55.7. The SMILES string of the molecule is CC(C)(C)c1ccc(Nc2cc3sc4ccccc4c3cc2-c2ccc3c4cc5c(cc4n4c3c2[B]c2cc3c(cc2-4)-c2ccccc2C3(C)C)-c2ccccc2C5(C)C)cc1. The normalized spacial score (nSPS) is 15.1. The lowest BCUT2D eigenvalue weighted by atomic mass is 9.58. The predicted octanol–water partition coefficient (Wildman–Crippen LogP) is 14.4. The molecule has 1 aliphatic heterocycles. The van der Waals surface area contributed by atoms with Crippen molar-refractivity contribution >= 4 is 82.9 Å². The second-order valence-corrected chi connectivity index (χ2v) is 21.1. The molecular formula is C58H46BN2S. The van der Waals surface area contributed by atoms with E-state index in [1.807, 2.05) is 11.3 Å². The second kappa shape index (κ2) is 12.2. The molecule has 0 atom stereocenters. The lowest BCUT2D eigenvalue weighted by Gasteiger charge is -2.27. The molecule has 0 unspecified atom stereocenters. The average molecular weight is 814 g/mol. The summed E-state index contributed by atoms with van der Waals surface area (Å²) in [6.07, 6.45) is 0. The molecule has 0 fully saturated rings. The molecule has 1 N–H and O–H groups in total. The van der Waals surface area contributed by atoms with Gasteiger partial charge in [-0.05, 0) is 115 Å². The summed E-state index contributed by atoms with van der Waals surface area (Å²) < 4.78 is 5.22. The third kappa shape index (κ3) is 4.82. The van der Waals surface area contributed by atoms with Gasteiger partial charge in [0.25, 0.3) is 0 Å². The van der Waals surface area contributed by atoms with Gasteiger partial charge in [-0.3, -0.25) is 0 Å². The summed E-state index contributed by atoms with van der Waals surface area (Å²) in [5.74, 6) is 0. The molecule has 13 rings (SSSR count). The van der Waals surface area contributed by atoms with E-state index in [4.69, 9.17) is 0 Å². The molecule has 10 aromatic rings. The van der Waals surface area contributed by atoms with E-state index in [-0.39, 0.29) is 16.2 Å². The van der Waals surface area contributed by atoms with Gasteiger partial charge < -0.3 is 9.88 Å². The van der Waals surface area contributed by atoms with Crippen molar-refractivity contribution < 1.29 is 0 Å². The molecule has 0 spiro atoms. The number of thiophene rings is 1. The fraction of sp³-hybridized carbons (Fsp3) is 0.172. The molecular weight excluding hydrogens is 768 g/mol. The van der Waals surface area contributed by atoms with E-state index in [0.29, 0.717) is 0 Å². The Labute approximate surface area is 368 Å². The number of aromatic nitrogens is 1. The molecule has 0 amide bonds. The van der Waals surface area contributed by atoms with Crippen molar-refractivity contribution in [2.24, 2.45) is 0 Å². The van der Waals surface area contributed by atoms with Gasteiger partial charge in [0.1, 0.15) is 0 Å². The van der Waals surface area contributed by atoms with Crippen molar-refractivity contribution in [2.75, 3.05) is 5.32 Å². The van der Waals surface area contributed by atoms with Crippen LogP contribution in [-0.2, 0) is 16.2 Å². The van der Waals surface area contributed by atoms with Gasteiger partial charge in [0.05, 0.1) is 5.52 Å². The highest BCUT2D eigenvalue weighted by Gasteiger charge is 2.39. The maximum absolute atomic E-state index is 3.95. The van der Waals surface area contributed by atoms with Crippen LogP contribution in [-0.4, -0.2) is 11.8 Å². The zero-order valence-corrected chi connectivity index (χ0v) is 37.1. The van der Waals surface area contributed by atoms with Crippen molar-refractivity contribution in [3.8, 4) is 39.1 Å². The second-order valence-electron chi connectivity index (χ2n) is 20.1. The van der Waals surface area contributed by atoms with E-state index in [0.717, 1.165) is 11.4 Å². The molecule has 1 radical (unpaired) electrons. The Balaban J connectivity index is 1.11. The minimum absolute atomic E-state index is 0.0831. The van der Waals surface area contributed by atoms with Crippen LogP contribution in [0.2, 0.25) is 0 Å². The Kier molecular flexibility index (Phi) is 7.13. The third-order valence-corrected chi connectivity index (χ3v) is 15.9. The lowest BCUT2D eigenvalue weighted by molar-refractivity contribution is 0.590. The smallest absolute Gasteiger partial charge is 0.197 e. The van der Waals surface area contributed by atoms with Crippen molar-refractivity contribution in [3.05, 3.63) is 173 Å². The molecule has 62 heavy (non-hydrogen) atoms. The number of nitrogens with one attached hydrogen (secondary N) is 1. The summed E-state index contributed by atoms with van der Waals surface area (Å²) in [7, 11) is 2.51. The van der Waals surface area contributed by atoms with E-state index in [1.54, 1.807) is 0 Å². The van der Waals surface area contributed by atoms with Gasteiger partial charge in [-0.1, -0.05) is 151 Å². The van der Waals surface area contributed by atoms with Crippen LogP contribution in [0.4, 0.5) is 11.4 Å². The largest absolute Gasteiger partial charge is 0.355 e. The molecule has 2 nitrogen and oxygen atoms in total. The molecule has 0 saturated carbocycles. The highest BCUT2D eigenvalue weighted by atomic mass is 32.1. The fourth-order valence-corrected chi connectivity index (χ4v) is 12.6. The first-order valence-electron chi connectivity index (χ1n) is 22.1. The highest BCUT2D eigenvalue weighted by molar-refractivity contribution is 7.25. The number of benzene rings is 8. The van der Waals surface area contributed by atoms with Crippen molar-refractivity contribution in [1.29, 1.82) is 0 Å². The molecule has 297 valence electrons. The van der Waals surface area contributed by atoms with Gasteiger partial charge in [-0.25, -0.2) is 0 Å². The predicted molar refractivity (Wildman–Crippen MR) is 268 cm³/mol. The molecule has 8 aromatic carbocycles. The Bertz CT molecular complexity index is 3610. The maximum atomic E-state index is 3.95. The van der Waals surface area contributed by atoms with E-state index in [1.165, 1.54) is 120 Å². The summed E-state index contributed by atoms with van der Waals surface area (Å²) in [6.45, 7) is 16.4. The van der Waals surface area contributed by atoms with Crippen LogP contribution < -0.4 is 16.2 Å². The van der Waals surface area contributed by atoms with Crippen LogP contribution >= 0.6 is 11.3 Å². The molecule has 2 aromatic heterocycles. The molecule has 2 aliphatic carbocycles. The number of rotatable bonds is 3. The zero-order chi connectivity index (χ0) is 42.0. The highest BCUT2D eigenvalue weighted by Crippen LogP contribution is 2.53. The van der Waals surface area contributed by atoms with Crippen LogP contribution in [0.15, 0.2) is 146 Å². The van der Waals surface area contributed by atoms with Gasteiger partial charge in [0, 0.05) is 69.9 Å². The lowest BCUT2D eigenvalue weighted by Crippen LogP contribution is -2.38. The number of hydrogen-bond acceptors (Lipinski definition) is 2. The van der Waals surface area contributed by atoms with Crippen LogP contribution in [0.5, 0.6) is 0 Å². The number of hydrogen-bond donors (Lipinski definition) is 1. The Hall–Kier alpha value is -6.36. The number of fused-ring (bicyclic) bond motifs is 14. The first-order valence-corrected chi connectivity index (χ1v) is 22.9.